The minimum absolute atomic E-state index is 0.688. The first-order valence-electron chi connectivity index (χ1n) is 8.82. The zero-order valence-corrected chi connectivity index (χ0v) is 14.3. The highest BCUT2D eigenvalue weighted by molar-refractivity contribution is 5.86. The topological polar surface area (TPSA) is 31.0 Å². The van der Waals surface area contributed by atoms with Gasteiger partial charge in [0.05, 0.1) is 23.8 Å². The van der Waals surface area contributed by atoms with Crippen LogP contribution >= 0.6 is 0 Å². The Kier molecular flexibility index (Phi) is 3.56. The Bertz CT molecular complexity index is 1180. The molecule has 0 radical (unpaired) electrons. The van der Waals surface area contributed by atoms with Gasteiger partial charge in [-0.1, -0.05) is 54.6 Å². The fourth-order valence-electron chi connectivity index (χ4n) is 3.61. The number of furan rings is 1. The van der Waals surface area contributed by atoms with E-state index < -0.39 is 0 Å². The summed E-state index contributed by atoms with van der Waals surface area (Å²) in [5.41, 5.74) is 3.45. The van der Waals surface area contributed by atoms with Crippen LogP contribution in [0, 0.1) is 0 Å². The van der Waals surface area contributed by atoms with Crippen molar-refractivity contribution in [2.24, 2.45) is 0 Å². The summed E-state index contributed by atoms with van der Waals surface area (Å²) in [6.07, 6.45) is 2.51. The molecule has 3 aromatic carbocycles. The lowest BCUT2D eigenvalue weighted by Crippen LogP contribution is -2.05. The van der Waals surface area contributed by atoms with Gasteiger partial charge in [-0.3, -0.25) is 0 Å². The molecule has 0 unspecified atom stereocenters. The van der Waals surface area contributed by atoms with Crippen LogP contribution in [0.2, 0.25) is 0 Å². The molecule has 0 N–H and O–H groups in total. The third-order valence-corrected chi connectivity index (χ3v) is 4.86. The number of fused-ring (bicyclic) bond motifs is 2. The molecule has 0 amide bonds. The average Bonchev–Trinajstić information content (AvgIpc) is 3.31. The highest BCUT2D eigenvalue weighted by atomic mass is 16.3. The maximum Gasteiger partial charge on any atom is 0.123 e. The number of nitrogens with zero attached hydrogens (tertiary/aromatic N) is 2. The highest BCUT2D eigenvalue weighted by Gasteiger charge is 2.13. The van der Waals surface area contributed by atoms with Gasteiger partial charge >= 0.3 is 0 Å². The van der Waals surface area contributed by atoms with E-state index in [1.54, 1.807) is 6.26 Å². The molecule has 0 saturated carbocycles. The van der Waals surface area contributed by atoms with E-state index in [0.717, 1.165) is 29.0 Å². The van der Waals surface area contributed by atoms with E-state index >= 15 is 0 Å². The number of benzene rings is 3. The molecule has 0 fully saturated rings. The molecule has 126 valence electrons. The number of hydrogen-bond donors (Lipinski definition) is 0. The zero-order valence-electron chi connectivity index (χ0n) is 14.3. The molecular weight excluding hydrogens is 320 g/mol. The third kappa shape index (κ3) is 2.58. The van der Waals surface area contributed by atoms with Crippen LogP contribution in [0.15, 0.2) is 89.5 Å². The molecule has 0 atom stereocenters. The van der Waals surface area contributed by atoms with Crippen LogP contribution in [0.1, 0.15) is 17.1 Å². The van der Waals surface area contributed by atoms with Crippen LogP contribution in [0.3, 0.4) is 0 Å². The maximum absolute atomic E-state index is 5.58. The Morgan fingerprint density at radius 1 is 0.808 bits per heavy atom. The number of aromatic nitrogens is 2. The van der Waals surface area contributed by atoms with Gasteiger partial charge < -0.3 is 8.98 Å². The first-order chi connectivity index (χ1) is 12.9. The van der Waals surface area contributed by atoms with Crippen LogP contribution in [-0.2, 0) is 13.0 Å². The molecule has 2 heterocycles. The fraction of sp³-hybridized carbons (Fsp3) is 0.0870. The van der Waals surface area contributed by atoms with Crippen molar-refractivity contribution in [3.05, 3.63) is 102 Å². The molecule has 2 aromatic heterocycles. The molecule has 3 nitrogen and oxygen atoms in total. The summed E-state index contributed by atoms with van der Waals surface area (Å²) in [5.74, 6) is 1.99. The van der Waals surface area contributed by atoms with Crippen molar-refractivity contribution in [3.8, 4) is 0 Å². The molecule has 5 rings (SSSR count). The Hall–Kier alpha value is -3.33. The number of hydrogen-bond acceptors (Lipinski definition) is 2. The molecule has 0 saturated heterocycles. The molecule has 3 heteroatoms. The molecule has 0 aliphatic heterocycles. The summed E-state index contributed by atoms with van der Waals surface area (Å²) in [5, 5.41) is 2.55. The van der Waals surface area contributed by atoms with Gasteiger partial charge in [0, 0.05) is 6.42 Å². The number of rotatable bonds is 4. The predicted octanol–water partition coefficient (Wildman–Crippen LogP) is 5.42. The van der Waals surface area contributed by atoms with Crippen molar-refractivity contribution >= 4 is 21.8 Å². The largest absolute Gasteiger partial charge is 0.467 e. The molecular formula is C23H18N2O. The quantitative estimate of drug-likeness (QED) is 0.438. The van der Waals surface area contributed by atoms with Gasteiger partial charge in [0.15, 0.2) is 0 Å². The van der Waals surface area contributed by atoms with Crippen LogP contribution in [0.25, 0.3) is 21.8 Å². The van der Waals surface area contributed by atoms with Crippen molar-refractivity contribution in [2.75, 3.05) is 0 Å². The summed E-state index contributed by atoms with van der Waals surface area (Å²) in [4.78, 5) is 4.92. The molecule has 0 aliphatic carbocycles. The predicted molar refractivity (Wildman–Crippen MR) is 104 cm³/mol. The minimum Gasteiger partial charge on any atom is -0.467 e. The second-order valence-electron chi connectivity index (χ2n) is 6.50. The summed E-state index contributed by atoms with van der Waals surface area (Å²) >= 11 is 0. The van der Waals surface area contributed by atoms with E-state index in [0.29, 0.717) is 6.54 Å². The zero-order chi connectivity index (χ0) is 17.3. The van der Waals surface area contributed by atoms with Gasteiger partial charge in [0.25, 0.3) is 0 Å². The van der Waals surface area contributed by atoms with Crippen molar-refractivity contribution in [1.29, 1.82) is 0 Å². The highest BCUT2D eigenvalue weighted by Crippen LogP contribution is 2.24. The fourth-order valence-corrected chi connectivity index (χ4v) is 3.61. The first-order valence-corrected chi connectivity index (χ1v) is 8.82. The minimum atomic E-state index is 0.688. The van der Waals surface area contributed by atoms with E-state index in [1.165, 1.54) is 16.3 Å². The van der Waals surface area contributed by atoms with E-state index in [4.69, 9.17) is 9.40 Å². The van der Waals surface area contributed by atoms with Crippen molar-refractivity contribution < 1.29 is 4.42 Å². The normalized spacial score (nSPS) is 11.4. The van der Waals surface area contributed by atoms with E-state index in [1.807, 2.05) is 18.2 Å². The molecule has 26 heavy (non-hydrogen) atoms. The van der Waals surface area contributed by atoms with Gasteiger partial charge in [-0.25, -0.2) is 4.98 Å². The smallest absolute Gasteiger partial charge is 0.123 e. The molecule has 0 aliphatic rings. The maximum atomic E-state index is 5.58. The van der Waals surface area contributed by atoms with Gasteiger partial charge in [0.2, 0.25) is 0 Å². The van der Waals surface area contributed by atoms with E-state index in [-0.39, 0.29) is 0 Å². The Morgan fingerprint density at radius 3 is 2.58 bits per heavy atom. The Balaban J connectivity index is 1.64. The lowest BCUT2D eigenvalue weighted by atomic mass is 10.0. The van der Waals surface area contributed by atoms with Gasteiger partial charge in [-0.15, -0.1) is 0 Å². The number of imidazole rings is 1. The first kappa shape index (κ1) is 15.0. The van der Waals surface area contributed by atoms with Crippen molar-refractivity contribution in [1.82, 2.24) is 9.55 Å². The SMILES string of the molecule is c1coc(Cn2c(Cc3cccc4ccccc34)nc3ccccc32)c1. The average molecular weight is 338 g/mol. The Morgan fingerprint density at radius 2 is 1.65 bits per heavy atom. The van der Waals surface area contributed by atoms with Crippen molar-refractivity contribution in [3.63, 3.8) is 0 Å². The summed E-state index contributed by atoms with van der Waals surface area (Å²) < 4.78 is 7.84. The van der Waals surface area contributed by atoms with Crippen LogP contribution < -0.4 is 0 Å². The lowest BCUT2D eigenvalue weighted by molar-refractivity contribution is 0.493. The summed E-state index contributed by atoms with van der Waals surface area (Å²) in [6.45, 7) is 0.688. The van der Waals surface area contributed by atoms with E-state index in [2.05, 4.69) is 65.2 Å². The third-order valence-electron chi connectivity index (χ3n) is 4.86. The van der Waals surface area contributed by atoms with Crippen LogP contribution in [0.5, 0.6) is 0 Å². The standard InChI is InChI=1S/C23H18N2O/c1-2-11-20-17(7-1)8-5-9-18(20)15-23-24-21-12-3-4-13-22(21)25(23)16-19-10-6-14-26-19/h1-14H,15-16H2. The second-order valence-corrected chi connectivity index (χ2v) is 6.50. The van der Waals surface area contributed by atoms with Gasteiger partial charge in [-0.05, 0) is 40.6 Å². The molecule has 0 bridgehead atoms. The number of para-hydroxylation sites is 2. The summed E-state index contributed by atoms with van der Waals surface area (Å²) in [7, 11) is 0. The summed E-state index contributed by atoms with van der Waals surface area (Å²) in [6, 6.07) is 27.2. The second kappa shape index (κ2) is 6.19. The monoisotopic (exact) mass is 338 g/mol. The molecule has 5 aromatic rings. The lowest BCUT2D eigenvalue weighted by Gasteiger charge is -2.10. The molecule has 0 spiro atoms. The van der Waals surface area contributed by atoms with Gasteiger partial charge in [-0.2, -0.15) is 0 Å². The van der Waals surface area contributed by atoms with Crippen LogP contribution in [0.4, 0.5) is 0 Å². The Labute approximate surface area is 151 Å². The van der Waals surface area contributed by atoms with Crippen molar-refractivity contribution in [2.45, 2.75) is 13.0 Å². The van der Waals surface area contributed by atoms with E-state index in [9.17, 15) is 0 Å². The van der Waals surface area contributed by atoms with Crippen LogP contribution in [-0.4, -0.2) is 9.55 Å². The van der Waals surface area contributed by atoms with Gasteiger partial charge in [0.1, 0.15) is 11.6 Å².